The number of aliphatic hydroxyl groups excluding tert-OH is 1. The van der Waals surface area contributed by atoms with Gasteiger partial charge in [0, 0.05) is 13.6 Å². The second kappa shape index (κ2) is 6.10. The van der Waals surface area contributed by atoms with Crippen molar-refractivity contribution in [2.45, 2.75) is 6.92 Å². The van der Waals surface area contributed by atoms with Crippen LogP contribution in [0.4, 0.5) is 10.5 Å². The molecule has 0 saturated heterocycles. The third kappa shape index (κ3) is 3.64. The minimum atomic E-state index is -0.275. The fraction of sp³-hybridized carbons (Fsp3) is 0.417. The predicted molar refractivity (Wildman–Crippen MR) is 66.5 cm³/mol. The average Bonchev–Trinajstić information content (AvgIpc) is 2.29. The third-order valence-corrected chi connectivity index (χ3v) is 2.38. The smallest absolute Gasteiger partial charge is 0.321 e. The molecule has 0 radical (unpaired) electrons. The average molecular weight is 238 g/mol. The lowest BCUT2D eigenvalue weighted by Crippen LogP contribution is -2.33. The summed E-state index contributed by atoms with van der Waals surface area (Å²) < 4.78 is 5.16. The number of anilines is 1. The Morgan fingerprint density at radius 1 is 1.53 bits per heavy atom. The highest BCUT2D eigenvalue weighted by molar-refractivity contribution is 5.90. The fourth-order valence-corrected chi connectivity index (χ4v) is 1.38. The molecule has 0 unspecified atom stereocenters. The van der Waals surface area contributed by atoms with E-state index in [4.69, 9.17) is 9.84 Å². The molecule has 5 nitrogen and oxygen atoms in total. The summed E-state index contributed by atoms with van der Waals surface area (Å²) in [6.45, 7) is 2.17. The van der Waals surface area contributed by atoms with E-state index in [1.807, 2.05) is 19.1 Å². The van der Waals surface area contributed by atoms with Crippen LogP contribution in [0.5, 0.6) is 5.75 Å². The van der Waals surface area contributed by atoms with E-state index in [1.165, 1.54) is 4.90 Å². The Balaban J connectivity index is 2.79. The van der Waals surface area contributed by atoms with Crippen LogP contribution >= 0.6 is 0 Å². The Kier molecular flexibility index (Phi) is 4.78. The Morgan fingerprint density at radius 3 is 2.82 bits per heavy atom. The molecule has 2 amide bonds. The molecule has 94 valence electrons. The Morgan fingerprint density at radius 2 is 2.24 bits per heavy atom. The van der Waals surface area contributed by atoms with Gasteiger partial charge in [0.2, 0.25) is 0 Å². The number of rotatable bonds is 4. The van der Waals surface area contributed by atoms with Gasteiger partial charge in [0.25, 0.3) is 0 Å². The minimum absolute atomic E-state index is 0.0606. The topological polar surface area (TPSA) is 61.8 Å². The summed E-state index contributed by atoms with van der Waals surface area (Å²) in [5, 5.41) is 11.5. The molecule has 0 spiro atoms. The number of carbonyl (C=O) groups is 1. The molecule has 0 saturated carbocycles. The van der Waals surface area contributed by atoms with Gasteiger partial charge >= 0.3 is 6.03 Å². The quantitative estimate of drug-likeness (QED) is 0.834. The first-order valence-electron chi connectivity index (χ1n) is 5.36. The summed E-state index contributed by atoms with van der Waals surface area (Å²) in [7, 11) is 3.17. The van der Waals surface area contributed by atoms with Gasteiger partial charge in [0.15, 0.2) is 0 Å². The molecule has 5 heteroatoms. The van der Waals surface area contributed by atoms with E-state index in [9.17, 15) is 4.79 Å². The van der Waals surface area contributed by atoms with Crippen molar-refractivity contribution >= 4 is 11.7 Å². The number of urea groups is 1. The zero-order chi connectivity index (χ0) is 12.8. The van der Waals surface area contributed by atoms with Crippen LogP contribution in [-0.4, -0.2) is 43.3 Å². The number of nitrogens with zero attached hydrogens (tertiary/aromatic N) is 1. The van der Waals surface area contributed by atoms with Gasteiger partial charge in [-0.2, -0.15) is 0 Å². The number of hydrogen-bond acceptors (Lipinski definition) is 3. The molecule has 2 N–H and O–H groups in total. The second-order valence-electron chi connectivity index (χ2n) is 3.78. The van der Waals surface area contributed by atoms with Crippen molar-refractivity contribution in [2.75, 3.05) is 32.6 Å². The molecule has 0 aliphatic carbocycles. The number of carbonyl (C=O) groups excluding carboxylic acids is 1. The summed E-state index contributed by atoms with van der Waals surface area (Å²) in [6.07, 6.45) is 0. The van der Waals surface area contributed by atoms with Gasteiger partial charge in [-0.25, -0.2) is 4.79 Å². The van der Waals surface area contributed by atoms with E-state index >= 15 is 0 Å². The molecule has 17 heavy (non-hydrogen) atoms. The molecule has 1 rings (SSSR count). The van der Waals surface area contributed by atoms with E-state index in [-0.39, 0.29) is 12.6 Å². The summed E-state index contributed by atoms with van der Waals surface area (Å²) in [5.74, 6) is 0.612. The van der Waals surface area contributed by atoms with Crippen molar-refractivity contribution in [1.29, 1.82) is 0 Å². The van der Waals surface area contributed by atoms with Crippen LogP contribution in [0.2, 0.25) is 0 Å². The highest BCUT2D eigenvalue weighted by atomic mass is 16.5. The van der Waals surface area contributed by atoms with Gasteiger partial charge in [0.1, 0.15) is 5.75 Å². The van der Waals surface area contributed by atoms with Crippen molar-refractivity contribution in [3.8, 4) is 5.75 Å². The Hall–Kier alpha value is -1.75. The summed E-state index contributed by atoms with van der Waals surface area (Å²) in [5.41, 5.74) is 1.66. The van der Waals surface area contributed by atoms with Crippen LogP contribution in [0, 0.1) is 6.92 Å². The first-order valence-corrected chi connectivity index (χ1v) is 5.36. The van der Waals surface area contributed by atoms with Gasteiger partial charge in [-0.05, 0) is 24.6 Å². The zero-order valence-corrected chi connectivity index (χ0v) is 10.4. The molecule has 0 aliphatic heterocycles. The van der Waals surface area contributed by atoms with Crippen LogP contribution in [0.25, 0.3) is 0 Å². The summed E-state index contributed by atoms with van der Waals surface area (Å²) in [6, 6.07) is 5.27. The normalized spacial score (nSPS) is 9.88. The van der Waals surface area contributed by atoms with E-state index in [0.717, 1.165) is 5.56 Å². The number of methoxy groups -OCH3 is 1. The van der Waals surface area contributed by atoms with Crippen molar-refractivity contribution < 1.29 is 14.6 Å². The SMILES string of the molecule is COc1ccc(C)cc1NC(=O)N(C)CCO. The van der Waals surface area contributed by atoms with E-state index in [1.54, 1.807) is 20.2 Å². The van der Waals surface area contributed by atoms with E-state index in [2.05, 4.69) is 5.32 Å². The summed E-state index contributed by atoms with van der Waals surface area (Å²) >= 11 is 0. The molecule has 0 heterocycles. The second-order valence-corrected chi connectivity index (χ2v) is 3.78. The Bertz CT molecular complexity index is 393. The molecule has 0 fully saturated rings. The maximum atomic E-state index is 11.7. The maximum absolute atomic E-state index is 11.7. The van der Waals surface area contributed by atoms with E-state index in [0.29, 0.717) is 18.0 Å². The zero-order valence-electron chi connectivity index (χ0n) is 10.4. The standard InChI is InChI=1S/C12H18N2O3/c1-9-4-5-11(17-3)10(8-9)13-12(16)14(2)6-7-15/h4-5,8,15H,6-7H2,1-3H3,(H,13,16). The number of aryl methyl sites for hydroxylation is 1. The highest BCUT2D eigenvalue weighted by Crippen LogP contribution is 2.25. The number of hydrogen-bond donors (Lipinski definition) is 2. The first-order chi connectivity index (χ1) is 8.08. The van der Waals surface area contributed by atoms with E-state index < -0.39 is 0 Å². The molecule has 0 atom stereocenters. The lowest BCUT2D eigenvalue weighted by atomic mass is 10.2. The lowest BCUT2D eigenvalue weighted by molar-refractivity contribution is 0.202. The molecule has 1 aromatic carbocycles. The monoisotopic (exact) mass is 238 g/mol. The molecular weight excluding hydrogens is 220 g/mol. The largest absolute Gasteiger partial charge is 0.495 e. The van der Waals surface area contributed by atoms with Crippen molar-refractivity contribution in [2.24, 2.45) is 0 Å². The van der Waals surface area contributed by atoms with Crippen LogP contribution in [0.1, 0.15) is 5.56 Å². The number of ether oxygens (including phenoxy) is 1. The van der Waals surface area contributed by atoms with Crippen molar-refractivity contribution in [1.82, 2.24) is 4.90 Å². The first kappa shape index (κ1) is 13.3. The van der Waals surface area contributed by atoms with Gasteiger partial charge < -0.3 is 20.1 Å². The molecule has 0 aliphatic rings. The summed E-state index contributed by atoms with van der Waals surface area (Å²) in [4.78, 5) is 13.1. The number of amides is 2. The number of nitrogens with one attached hydrogen (secondary N) is 1. The van der Waals surface area contributed by atoms with Gasteiger partial charge in [-0.15, -0.1) is 0 Å². The molecule has 0 bridgehead atoms. The number of benzene rings is 1. The molecule has 0 aromatic heterocycles. The predicted octanol–water partition coefficient (Wildman–Crippen LogP) is 1.46. The van der Waals surface area contributed by atoms with Crippen LogP contribution in [0.3, 0.4) is 0 Å². The maximum Gasteiger partial charge on any atom is 0.321 e. The minimum Gasteiger partial charge on any atom is -0.495 e. The van der Waals surface area contributed by atoms with Gasteiger partial charge in [-0.1, -0.05) is 6.07 Å². The van der Waals surface area contributed by atoms with Crippen molar-refractivity contribution in [3.05, 3.63) is 23.8 Å². The van der Waals surface area contributed by atoms with Crippen LogP contribution in [-0.2, 0) is 0 Å². The van der Waals surface area contributed by atoms with Crippen LogP contribution < -0.4 is 10.1 Å². The Labute approximate surface area is 101 Å². The van der Waals surface area contributed by atoms with Crippen LogP contribution in [0.15, 0.2) is 18.2 Å². The number of likely N-dealkylation sites (N-methyl/N-ethyl adjacent to an activating group) is 1. The fourth-order valence-electron chi connectivity index (χ4n) is 1.38. The third-order valence-electron chi connectivity index (χ3n) is 2.38. The molecular formula is C12H18N2O3. The highest BCUT2D eigenvalue weighted by Gasteiger charge is 2.11. The van der Waals surface area contributed by atoms with Gasteiger partial charge in [0.05, 0.1) is 19.4 Å². The lowest BCUT2D eigenvalue weighted by Gasteiger charge is -2.18. The van der Waals surface area contributed by atoms with Crippen molar-refractivity contribution in [3.63, 3.8) is 0 Å². The molecule has 1 aromatic rings. The number of aliphatic hydroxyl groups is 1. The van der Waals surface area contributed by atoms with Gasteiger partial charge in [-0.3, -0.25) is 0 Å².